The normalized spacial score (nSPS) is 19.2. The van der Waals surface area contributed by atoms with Gasteiger partial charge in [0.1, 0.15) is 17.3 Å². The van der Waals surface area contributed by atoms with Crippen molar-refractivity contribution in [3.63, 3.8) is 0 Å². The molecule has 1 aliphatic carbocycles. The number of anilines is 1. The lowest BCUT2D eigenvalue weighted by molar-refractivity contribution is -0.132. The number of halogens is 1. The van der Waals surface area contributed by atoms with Crippen molar-refractivity contribution in [2.45, 2.75) is 30.9 Å². The Morgan fingerprint density at radius 2 is 2.12 bits per heavy atom. The predicted octanol–water partition coefficient (Wildman–Crippen LogP) is 1.69. The van der Waals surface area contributed by atoms with Gasteiger partial charge in [-0.1, -0.05) is 0 Å². The number of amides is 2. The number of ether oxygens (including phenoxy) is 2. The van der Waals surface area contributed by atoms with Crippen LogP contribution in [0, 0.1) is 5.82 Å². The quantitative estimate of drug-likeness (QED) is 0.678. The second kappa shape index (κ2) is 9.12. The summed E-state index contributed by atoms with van der Waals surface area (Å²) in [5.74, 6) is -0.191. The number of nitrogens with one attached hydrogen (secondary N) is 2. The third kappa shape index (κ3) is 4.83. The highest BCUT2D eigenvalue weighted by atomic mass is 19.1. The fraction of sp³-hybridized carbons (Fsp3) is 0.435. The average Bonchev–Trinajstić information content (AvgIpc) is 3.57. The molecule has 4 rings (SSSR count). The highest BCUT2D eigenvalue weighted by Gasteiger charge is 2.45. The molecule has 0 unspecified atom stereocenters. The fourth-order valence-corrected chi connectivity index (χ4v) is 4.00. The number of aromatic nitrogens is 1. The molecular formula is C23H27FN4O4. The van der Waals surface area contributed by atoms with E-state index in [0.717, 1.165) is 24.1 Å². The Hall–Kier alpha value is -3.20. The third-order valence-corrected chi connectivity index (χ3v) is 5.95. The maximum atomic E-state index is 13.7. The number of hydrogen-bond acceptors (Lipinski definition) is 6. The van der Waals surface area contributed by atoms with E-state index in [-0.39, 0.29) is 17.6 Å². The van der Waals surface area contributed by atoms with Crippen molar-refractivity contribution in [3.8, 4) is 5.75 Å². The molecule has 1 aromatic heterocycles. The predicted molar refractivity (Wildman–Crippen MR) is 116 cm³/mol. The van der Waals surface area contributed by atoms with Crippen molar-refractivity contribution < 1.29 is 23.5 Å². The number of likely N-dealkylation sites (N-methyl/N-ethyl adjacent to an activating group) is 1. The van der Waals surface area contributed by atoms with Gasteiger partial charge >= 0.3 is 0 Å². The lowest BCUT2D eigenvalue weighted by Crippen LogP contribution is -2.49. The number of morpholine rings is 1. The van der Waals surface area contributed by atoms with E-state index < -0.39 is 11.6 Å². The molecule has 2 N–H and O–H groups in total. The average molecular weight is 442 g/mol. The summed E-state index contributed by atoms with van der Waals surface area (Å²) in [5.41, 5.74) is 1.39. The van der Waals surface area contributed by atoms with Crippen molar-refractivity contribution in [3.05, 3.63) is 53.6 Å². The van der Waals surface area contributed by atoms with Crippen LogP contribution in [0.4, 0.5) is 10.1 Å². The first kappa shape index (κ1) is 22.0. The molecule has 1 aromatic carbocycles. The zero-order valence-corrected chi connectivity index (χ0v) is 18.2. The number of nitrogens with zero attached hydrogens (tertiary/aromatic N) is 2. The molecule has 170 valence electrons. The smallest absolute Gasteiger partial charge is 0.270 e. The van der Waals surface area contributed by atoms with Crippen LogP contribution in [-0.4, -0.2) is 62.3 Å². The number of rotatable bonds is 7. The Labute approximate surface area is 186 Å². The highest BCUT2D eigenvalue weighted by Crippen LogP contribution is 2.40. The van der Waals surface area contributed by atoms with Gasteiger partial charge in [0.2, 0.25) is 0 Å². The number of pyridine rings is 1. The molecule has 1 atom stereocenters. The lowest BCUT2D eigenvalue weighted by atomic mass is 10.0. The van der Waals surface area contributed by atoms with Gasteiger partial charge in [0.25, 0.3) is 11.8 Å². The summed E-state index contributed by atoms with van der Waals surface area (Å²) in [4.78, 5) is 31.2. The summed E-state index contributed by atoms with van der Waals surface area (Å²) in [6, 6.07) is 7.94. The molecule has 2 heterocycles. The van der Waals surface area contributed by atoms with Gasteiger partial charge in [0, 0.05) is 31.0 Å². The molecule has 8 nitrogen and oxygen atoms in total. The molecule has 2 fully saturated rings. The Morgan fingerprint density at radius 1 is 1.31 bits per heavy atom. The van der Waals surface area contributed by atoms with Crippen molar-refractivity contribution >= 4 is 17.5 Å². The number of hydrogen-bond donors (Lipinski definition) is 2. The topological polar surface area (TPSA) is 92.8 Å². The molecule has 9 heteroatoms. The van der Waals surface area contributed by atoms with Crippen LogP contribution in [-0.2, 0) is 16.0 Å². The molecule has 0 radical (unpaired) electrons. The fourth-order valence-electron chi connectivity index (χ4n) is 4.00. The summed E-state index contributed by atoms with van der Waals surface area (Å²) < 4.78 is 24.6. The highest BCUT2D eigenvalue weighted by molar-refractivity contribution is 5.94. The number of benzene rings is 1. The first-order valence-corrected chi connectivity index (χ1v) is 10.6. The zero-order chi connectivity index (χ0) is 22.7. The van der Waals surface area contributed by atoms with Crippen LogP contribution < -0.4 is 20.3 Å². The standard InChI is InChI=1S/C23H27FN4O4/c1-25-22(30)20-14-28(9-10-32-20)17-5-8-26-18(12-17)21(29)27-23(6-7-23)13-15-11-16(24)3-4-19(15)31-2/h3-5,8,11-12,20H,6-7,9-10,13-14H2,1-2H3,(H,25,30)(H,27,29)/t20-/m1/s1. The minimum atomic E-state index is -0.560. The maximum Gasteiger partial charge on any atom is 0.270 e. The van der Waals surface area contributed by atoms with Gasteiger partial charge in [-0.3, -0.25) is 14.6 Å². The second-order valence-electron chi connectivity index (χ2n) is 8.19. The Morgan fingerprint density at radius 3 is 2.84 bits per heavy atom. The van der Waals surface area contributed by atoms with E-state index in [1.807, 2.05) is 11.0 Å². The van der Waals surface area contributed by atoms with E-state index in [1.165, 1.54) is 12.1 Å². The zero-order valence-electron chi connectivity index (χ0n) is 18.2. The Kier molecular flexibility index (Phi) is 6.27. The van der Waals surface area contributed by atoms with Gasteiger partial charge in [-0.15, -0.1) is 0 Å². The number of methoxy groups -OCH3 is 1. The van der Waals surface area contributed by atoms with Gasteiger partial charge < -0.3 is 25.0 Å². The molecule has 1 saturated carbocycles. The minimum Gasteiger partial charge on any atom is -0.496 e. The van der Waals surface area contributed by atoms with Gasteiger partial charge in [-0.05, 0) is 55.2 Å². The molecule has 1 saturated heterocycles. The second-order valence-corrected chi connectivity index (χ2v) is 8.19. The lowest BCUT2D eigenvalue weighted by Gasteiger charge is -2.33. The summed E-state index contributed by atoms with van der Waals surface area (Å²) >= 11 is 0. The van der Waals surface area contributed by atoms with E-state index in [4.69, 9.17) is 9.47 Å². The maximum absolute atomic E-state index is 13.7. The summed E-state index contributed by atoms with van der Waals surface area (Å²) in [5, 5.41) is 5.68. The molecule has 32 heavy (non-hydrogen) atoms. The summed E-state index contributed by atoms with van der Waals surface area (Å²) in [6.45, 7) is 1.43. The van der Waals surface area contributed by atoms with E-state index in [9.17, 15) is 14.0 Å². The Balaban J connectivity index is 1.45. The van der Waals surface area contributed by atoms with Crippen molar-refractivity contribution in [1.82, 2.24) is 15.6 Å². The van der Waals surface area contributed by atoms with E-state index in [1.54, 1.807) is 32.5 Å². The van der Waals surface area contributed by atoms with Crippen LogP contribution in [0.2, 0.25) is 0 Å². The van der Waals surface area contributed by atoms with Crippen LogP contribution in [0.15, 0.2) is 36.5 Å². The molecular weight excluding hydrogens is 415 g/mol. The SMILES string of the molecule is CNC(=O)[C@H]1CN(c2ccnc(C(=O)NC3(Cc4cc(F)ccc4OC)CC3)c2)CCO1. The molecule has 2 aromatic rings. The minimum absolute atomic E-state index is 0.176. The van der Waals surface area contributed by atoms with Crippen molar-refractivity contribution in [1.29, 1.82) is 0 Å². The van der Waals surface area contributed by atoms with Gasteiger partial charge in [0.05, 0.1) is 20.3 Å². The van der Waals surface area contributed by atoms with E-state index in [2.05, 4.69) is 15.6 Å². The first-order valence-electron chi connectivity index (χ1n) is 10.6. The van der Waals surface area contributed by atoms with Gasteiger partial charge in [0.15, 0.2) is 6.10 Å². The van der Waals surface area contributed by atoms with Gasteiger partial charge in [-0.2, -0.15) is 0 Å². The van der Waals surface area contributed by atoms with E-state index >= 15 is 0 Å². The van der Waals surface area contributed by atoms with E-state index in [0.29, 0.717) is 37.6 Å². The monoisotopic (exact) mass is 442 g/mol. The largest absolute Gasteiger partial charge is 0.496 e. The first-order chi connectivity index (χ1) is 15.4. The van der Waals surface area contributed by atoms with Crippen LogP contribution >= 0.6 is 0 Å². The van der Waals surface area contributed by atoms with Crippen LogP contribution in [0.3, 0.4) is 0 Å². The number of carbonyl (C=O) groups is 2. The summed E-state index contributed by atoms with van der Waals surface area (Å²) in [6.07, 6.45) is 3.11. The number of carbonyl (C=O) groups excluding carboxylic acids is 2. The van der Waals surface area contributed by atoms with Crippen molar-refractivity contribution in [2.75, 3.05) is 38.8 Å². The molecule has 2 aliphatic rings. The molecule has 1 aliphatic heterocycles. The molecule has 0 bridgehead atoms. The Bertz CT molecular complexity index is 1010. The van der Waals surface area contributed by atoms with Crippen LogP contribution in [0.1, 0.15) is 28.9 Å². The van der Waals surface area contributed by atoms with Gasteiger partial charge in [-0.25, -0.2) is 4.39 Å². The molecule has 2 amide bonds. The van der Waals surface area contributed by atoms with Crippen LogP contribution in [0.5, 0.6) is 5.75 Å². The van der Waals surface area contributed by atoms with Crippen molar-refractivity contribution in [2.24, 2.45) is 0 Å². The third-order valence-electron chi connectivity index (χ3n) is 5.95. The summed E-state index contributed by atoms with van der Waals surface area (Å²) in [7, 11) is 3.12. The molecule has 0 spiro atoms. The van der Waals surface area contributed by atoms with Crippen LogP contribution in [0.25, 0.3) is 0 Å².